The van der Waals surface area contributed by atoms with Crippen LogP contribution >= 0.6 is 11.6 Å². The van der Waals surface area contributed by atoms with Gasteiger partial charge in [-0.3, -0.25) is 4.79 Å². The van der Waals surface area contributed by atoms with E-state index in [1.165, 1.54) is 6.08 Å². The first-order valence-corrected chi connectivity index (χ1v) is 7.36. The predicted molar refractivity (Wildman–Crippen MR) is 94.6 cm³/mol. The van der Waals surface area contributed by atoms with Crippen LogP contribution in [0.3, 0.4) is 0 Å². The second-order valence-electron chi connectivity index (χ2n) is 5.27. The highest BCUT2D eigenvalue weighted by atomic mass is 35.5. The maximum absolute atomic E-state index is 12.0. The zero-order chi connectivity index (χ0) is 16.1. The molecule has 2 aromatic rings. The van der Waals surface area contributed by atoms with Gasteiger partial charge in [-0.05, 0) is 48.4 Å². The fourth-order valence-electron chi connectivity index (χ4n) is 1.96. The van der Waals surface area contributed by atoms with Gasteiger partial charge >= 0.3 is 0 Å². The fraction of sp³-hybridized carbons (Fsp3) is 0.167. The number of amides is 1. The van der Waals surface area contributed by atoms with Crippen LogP contribution in [0.1, 0.15) is 11.1 Å². The number of benzene rings is 2. The molecule has 0 fully saturated rings. The molecule has 3 nitrogen and oxygen atoms in total. The van der Waals surface area contributed by atoms with Gasteiger partial charge in [0.2, 0.25) is 5.91 Å². The molecule has 0 aromatic heterocycles. The van der Waals surface area contributed by atoms with Crippen molar-refractivity contribution < 1.29 is 4.79 Å². The summed E-state index contributed by atoms with van der Waals surface area (Å²) >= 11 is 5.94. The van der Waals surface area contributed by atoms with Crippen LogP contribution in [0.5, 0.6) is 0 Å². The SMILES string of the molecule is Cc1ccc(Cl)cc1NC(=O)/C=C/c1ccc(N(C)C)cc1. The zero-order valence-corrected chi connectivity index (χ0v) is 13.7. The van der Waals surface area contributed by atoms with Crippen LogP contribution in [0.2, 0.25) is 5.02 Å². The van der Waals surface area contributed by atoms with Crippen LogP contribution in [-0.4, -0.2) is 20.0 Å². The van der Waals surface area contributed by atoms with E-state index in [2.05, 4.69) is 5.32 Å². The first kappa shape index (κ1) is 16.1. The van der Waals surface area contributed by atoms with Gasteiger partial charge in [0, 0.05) is 36.6 Å². The van der Waals surface area contributed by atoms with Crippen LogP contribution in [0, 0.1) is 6.92 Å². The highest BCUT2D eigenvalue weighted by Gasteiger charge is 2.02. The zero-order valence-electron chi connectivity index (χ0n) is 12.9. The van der Waals surface area contributed by atoms with Crippen LogP contribution < -0.4 is 10.2 Å². The minimum Gasteiger partial charge on any atom is -0.378 e. The van der Waals surface area contributed by atoms with Crippen LogP contribution in [0.4, 0.5) is 11.4 Å². The molecule has 1 N–H and O–H groups in total. The molecular formula is C18H19ClN2O. The number of hydrogen-bond acceptors (Lipinski definition) is 2. The minimum absolute atomic E-state index is 0.179. The van der Waals surface area contributed by atoms with Crippen LogP contribution in [0.25, 0.3) is 6.08 Å². The Morgan fingerprint density at radius 2 is 1.82 bits per heavy atom. The van der Waals surface area contributed by atoms with Gasteiger partial charge in [0.1, 0.15) is 0 Å². The van der Waals surface area contributed by atoms with E-state index in [1.807, 2.05) is 56.3 Å². The average molecular weight is 315 g/mol. The van der Waals surface area contributed by atoms with E-state index >= 15 is 0 Å². The van der Waals surface area contributed by atoms with E-state index in [0.29, 0.717) is 5.02 Å². The number of rotatable bonds is 4. The van der Waals surface area contributed by atoms with Crippen molar-refractivity contribution in [1.29, 1.82) is 0 Å². The Bertz CT molecular complexity index is 691. The molecule has 0 radical (unpaired) electrons. The maximum Gasteiger partial charge on any atom is 0.248 e. The van der Waals surface area contributed by atoms with Crippen LogP contribution in [0.15, 0.2) is 48.5 Å². The summed E-state index contributed by atoms with van der Waals surface area (Å²) in [7, 11) is 3.98. The molecule has 0 bridgehead atoms. The summed E-state index contributed by atoms with van der Waals surface area (Å²) < 4.78 is 0. The van der Waals surface area contributed by atoms with Crippen molar-refractivity contribution in [3.8, 4) is 0 Å². The Labute approximate surface area is 136 Å². The highest BCUT2D eigenvalue weighted by molar-refractivity contribution is 6.31. The molecule has 22 heavy (non-hydrogen) atoms. The van der Waals surface area contributed by atoms with E-state index in [4.69, 9.17) is 11.6 Å². The average Bonchev–Trinajstić information content (AvgIpc) is 2.49. The maximum atomic E-state index is 12.0. The first-order valence-electron chi connectivity index (χ1n) is 6.98. The van der Waals surface area contributed by atoms with Crippen molar-refractivity contribution in [1.82, 2.24) is 0 Å². The number of aryl methyl sites for hydroxylation is 1. The van der Waals surface area contributed by atoms with Crippen molar-refractivity contribution in [2.24, 2.45) is 0 Å². The van der Waals surface area contributed by atoms with Crippen molar-refractivity contribution in [3.63, 3.8) is 0 Å². The van der Waals surface area contributed by atoms with E-state index in [1.54, 1.807) is 18.2 Å². The molecule has 0 atom stereocenters. The Hall–Kier alpha value is -2.26. The number of nitrogens with one attached hydrogen (secondary N) is 1. The largest absolute Gasteiger partial charge is 0.378 e. The van der Waals surface area contributed by atoms with E-state index in [0.717, 1.165) is 22.5 Å². The molecule has 114 valence electrons. The Morgan fingerprint density at radius 1 is 1.14 bits per heavy atom. The monoisotopic (exact) mass is 314 g/mol. The number of nitrogens with zero attached hydrogens (tertiary/aromatic N) is 1. The molecule has 0 saturated heterocycles. The quantitative estimate of drug-likeness (QED) is 0.850. The molecule has 0 aliphatic heterocycles. The molecule has 2 aromatic carbocycles. The van der Waals surface area contributed by atoms with E-state index in [-0.39, 0.29) is 5.91 Å². The summed E-state index contributed by atoms with van der Waals surface area (Å²) in [5.74, 6) is -0.179. The predicted octanol–water partition coefficient (Wildman–Crippen LogP) is 4.37. The van der Waals surface area contributed by atoms with E-state index in [9.17, 15) is 4.79 Å². The summed E-state index contributed by atoms with van der Waals surface area (Å²) in [5.41, 5.74) is 3.80. The lowest BCUT2D eigenvalue weighted by Crippen LogP contribution is -2.09. The van der Waals surface area contributed by atoms with Crippen molar-refractivity contribution >= 4 is 35.0 Å². The van der Waals surface area contributed by atoms with E-state index < -0.39 is 0 Å². The third-order valence-electron chi connectivity index (χ3n) is 3.29. The third kappa shape index (κ3) is 4.37. The van der Waals surface area contributed by atoms with Crippen molar-refractivity contribution in [2.45, 2.75) is 6.92 Å². The topological polar surface area (TPSA) is 32.3 Å². The molecular weight excluding hydrogens is 296 g/mol. The number of hydrogen-bond donors (Lipinski definition) is 1. The Kier molecular flexibility index (Phi) is 5.23. The fourth-order valence-corrected chi connectivity index (χ4v) is 2.13. The lowest BCUT2D eigenvalue weighted by Gasteiger charge is -2.11. The molecule has 4 heteroatoms. The lowest BCUT2D eigenvalue weighted by atomic mass is 10.1. The summed E-state index contributed by atoms with van der Waals surface area (Å²) in [5, 5.41) is 3.43. The molecule has 0 heterocycles. The molecule has 1 amide bonds. The number of halogens is 1. The normalized spacial score (nSPS) is 10.7. The van der Waals surface area contributed by atoms with Gasteiger partial charge < -0.3 is 10.2 Å². The van der Waals surface area contributed by atoms with Gasteiger partial charge in [-0.25, -0.2) is 0 Å². The second kappa shape index (κ2) is 7.14. The standard InChI is InChI=1S/C18H19ClN2O/c1-13-4-8-15(19)12-17(13)20-18(22)11-7-14-5-9-16(10-6-14)21(2)3/h4-12H,1-3H3,(H,20,22)/b11-7+. The lowest BCUT2D eigenvalue weighted by molar-refractivity contribution is -0.111. The summed E-state index contributed by atoms with van der Waals surface area (Å²) in [4.78, 5) is 14.0. The van der Waals surface area contributed by atoms with Gasteiger partial charge in [0.05, 0.1) is 0 Å². The van der Waals surface area contributed by atoms with Crippen molar-refractivity contribution in [3.05, 3.63) is 64.7 Å². The molecule has 0 saturated carbocycles. The second-order valence-corrected chi connectivity index (χ2v) is 5.70. The molecule has 0 spiro atoms. The highest BCUT2D eigenvalue weighted by Crippen LogP contribution is 2.20. The van der Waals surface area contributed by atoms with Gasteiger partial charge in [0.15, 0.2) is 0 Å². The summed E-state index contributed by atoms with van der Waals surface area (Å²) in [6.45, 7) is 1.93. The van der Waals surface area contributed by atoms with Crippen molar-refractivity contribution in [2.75, 3.05) is 24.3 Å². The van der Waals surface area contributed by atoms with Gasteiger partial charge in [-0.2, -0.15) is 0 Å². The summed E-state index contributed by atoms with van der Waals surface area (Å²) in [6.07, 6.45) is 3.31. The molecule has 0 unspecified atom stereocenters. The summed E-state index contributed by atoms with van der Waals surface area (Å²) in [6, 6.07) is 13.4. The third-order valence-corrected chi connectivity index (χ3v) is 3.53. The molecule has 0 aliphatic rings. The van der Waals surface area contributed by atoms with Gasteiger partial charge in [0.25, 0.3) is 0 Å². The first-order chi connectivity index (χ1) is 10.5. The Morgan fingerprint density at radius 3 is 2.45 bits per heavy atom. The smallest absolute Gasteiger partial charge is 0.248 e. The molecule has 2 rings (SSSR count). The Balaban J connectivity index is 2.03. The number of anilines is 2. The van der Waals surface area contributed by atoms with Gasteiger partial charge in [-0.1, -0.05) is 29.8 Å². The molecule has 0 aliphatic carbocycles. The van der Waals surface area contributed by atoms with Crippen LogP contribution in [-0.2, 0) is 4.79 Å². The minimum atomic E-state index is -0.179. The van der Waals surface area contributed by atoms with Gasteiger partial charge in [-0.15, -0.1) is 0 Å². The number of carbonyl (C=O) groups is 1. The number of carbonyl (C=O) groups excluding carboxylic acids is 1.